The number of benzene rings is 1. The minimum Gasteiger partial charge on any atom is -0.322 e. The first-order chi connectivity index (χ1) is 9.10. The van der Waals surface area contributed by atoms with Crippen LogP contribution in [0.25, 0.3) is 5.69 Å². The van der Waals surface area contributed by atoms with E-state index in [1.165, 1.54) is 26.0 Å². The molecule has 0 saturated heterocycles. The van der Waals surface area contributed by atoms with E-state index in [4.69, 9.17) is 5.73 Å². The van der Waals surface area contributed by atoms with Gasteiger partial charge in [-0.15, -0.1) is 0 Å². The van der Waals surface area contributed by atoms with E-state index in [-0.39, 0.29) is 11.3 Å². The van der Waals surface area contributed by atoms with Crippen molar-refractivity contribution in [3.05, 3.63) is 47.5 Å². The molecule has 0 aliphatic heterocycles. The maximum atomic E-state index is 13.2. The van der Waals surface area contributed by atoms with E-state index in [1.54, 1.807) is 0 Å². The molecule has 1 heterocycles. The Morgan fingerprint density at radius 3 is 2.35 bits per heavy atom. The van der Waals surface area contributed by atoms with Crippen LogP contribution in [0.3, 0.4) is 0 Å². The van der Waals surface area contributed by atoms with Crippen LogP contribution in [0.1, 0.15) is 25.1 Å². The molecule has 0 aliphatic rings. The Labute approximate surface area is 113 Å². The summed E-state index contributed by atoms with van der Waals surface area (Å²) < 4.78 is 53.6. The lowest BCUT2D eigenvalue weighted by atomic mass is 9.96. The SMILES string of the molecule is CC(C)(N)c1cnn(-c2cccc(F)c2)c1C(F)(F)F. The van der Waals surface area contributed by atoms with Crippen molar-refractivity contribution in [2.24, 2.45) is 5.73 Å². The van der Waals surface area contributed by atoms with Gasteiger partial charge in [0.05, 0.1) is 11.9 Å². The summed E-state index contributed by atoms with van der Waals surface area (Å²) in [6, 6.07) is 4.79. The Morgan fingerprint density at radius 1 is 1.20 bits per heavy atom. The van der Waals surface area contributed by atoms with E-state index in [9.17, 15) is 17.6 Å². The van der Waals surface area contributed by atoms with Crippen LogP contribution in [-0.2, 0) is 11.7 Å². The van der Waals surface area contributed by atoms with Crippen molar-refractivity contribution >= 4 is 0 Å². The molecule has 0 amide bonds. The van der Waals surface area contributed by atoms with Crippen LogP contribution in [0.4, 0.5) is 17.6 Å². The number of rotatable bonds is 2. The molecule has 0 atom stereocenters. The van der Waals surface area contributed by atoms with Crippen LogP contribution >= 0.6 is 0 Å². The molecule has 2 rings (SSSR count). The van der Waals surface area contributed by atoms with Crippen LogP contribution in [0.2, 0.25) is 0 Å². The highest BCUT2D eigenvalue weighted by atomic mass is 19.4. The largest absolute Gasteiger partial charge is 0.433 e. The highest BCUT2D eigenvalue weighted by Gasteiger charge is 2.41. The topological polar surface area (TPSA) is 43.8 Å². The van der Waals surface area contributed by atoms with Crippen LogP contribution in [0, 0.1) is 5.82 Å². The summed E-state index contributed by atoms with van der Waals surface area (Å²) in [6.45, 7) is 2.91. The number of hydrogen-bond acceptors (Lipinski definition) is 2. The van der Waals surface area contributed by atoms with Gasteiger partial charge in [0.2, 0.25) is 0 Å². The normalized spacial score (nSPS) is 12.8. The van der Waals surface area contributed by atoms with Crippen molar-refractivity contribution in [2.45, 2.75) is 25.6 Å². The summed E-state index contributed by atoms with van der Waals surface area (Å²) in [4.78, 5) is 0. The van der Waals surface area contributed by atoms with E-state index < -0.39 is 23.2 Å². The number of nitrogens with zero attached hydrogens (tertiary/aromatic N) is 2. The molecule has 1 aromatic carbocycles. The minimum absolute atomic E-state index is 0.00664. The molecule has 0 bridgehead atoms. The molecule has 20 heavy (non-hydrogen) atoms. The molecule has 0 radical (unpaired) electrons. The first-order valence-electron chi connectivity index (χ1n) is 5.81. The highest BCUT2D eigenvalue weighted by molar-refractivity contribution is 5.38. The summed E-state index contributed by atoms with van der Waals surface area (Å²) in [5, 5.41) is 3.71. The van der Waals surface area contributed by atoms with Crippen LogP contribution in [0.5, 0.6) is 0 Å². The number of hydrogen-bond donors (Lipinski definition) is 1. The van der Waals surface area contributed by atoms with E-state index in [1.807, 2.05) is 0 Å². The van der Waals surface area contributed by atoms with Gasteiger partial charge in [0.1, 0.15) is 5.82 Å². The van der Waals surface area contributed by atoms with E-state index >= 15 is 0 Å². The Kier molecular flexibility index (Phi) is 3.33. The van der Waals surface area contributed by atoms with Crippen molar-refractivity contribution in [2.75, 3.05) is 0 Å². The molecule has 3 nitrogen and oxygen atoms in total. The first-order valence-corrected chi connectivity index (χ1v) is 5.81. The summed E-state index contributed by atoms with van der Waals surface area (Å²) in [5.41, 5.74) is 3.40. The third kappa shape index (κ3) is 2.67. The molecule has 0 aliphatic carbocycles. The molecular formula is C13H13F4N3. The van der Waals surface area contributed by atoms with Crippen molar-refractivity contribution < 1.29 is 17.6 Å². The van der Waals surface area contributed by atoms with Gasteiger partial charge in [-0.25, -0.2) is 9.07 Å². The predicted octanol–water partition coefficient (Wildman–Crippen LogP) is 3.22. The standard InChI is InChI=1S/C13H13F4N3/c1-12(2,18)10-7-19-20(11(10)13(15,16)17)9-5-3-4-8(14)6-9/h3-7H,18H2,1-2H3. The Balaban J connectivity index is 2.70. The van der Waals surface area contributed by atoms with Gasteiger partial charge in [0.25, 0.3) is 0 Å². The second-order valence-electron chi connectivity index (χ2n) is 5.02. The number of aromatic nitrogens is 2. The Morgan fingerprint density at radius 2 is 1.85 bits per heavy atom. The van der Waals surface area contributed by atoms with Crippen LogP contribution in [0.15, 0.2) is 30.5 Å². The highest BCUT2D eigenvalue weighted by Crippen LogP contribution is 2.37. The zero-order valence-corrected chi connectivity index (χ0v) is 10.9. The quantitative estimate of drug-likeness (QED) is 0.862. The van der Waals surface area contributed by atoms with Gasteiger partial charge in [-0.05, 0) is 32.0 Å². The molecule has 108 valence electrons. The molecule has 0 saturated carbocycles. The van der Waals surface area contributed by atoms with Gasteiger partial charge in [0, 0.05) is 11.1 Å². The molecule has 7 heteroatoms. The summed E-state index contributed by atoms with van der Waals surface area (Å²) in [5.74, 6) is -0.639. The fourth-order valence-corrected chi connectivity index (χ4v) is 1.90. The van der Waals surface area contributed by atoms with Gasteiger partial charge >= 0.3 is 6.18 Å². The zero-order valence-electron chi connectivity index (χ0n) is 10.9. The first kappa shape index (κ1) is 14.5. The summed E-state index contributed by atoms with van der Waals surface area (Å²) in [7, 11) is 0. The zero-order chi connectivity index (χ0) is 15.1. The lowest BCUT2D eigenvalue weighted by molar-refractivity contribution is -0.143. The third-order valence-corrected chi connectivity index (χ3v) is 2.78. The van der Waals surface area contributed by atoms with E-state index in [0.29, 0.717) is 4.68 Å². The number of alkyl halides is 3. The average Bonchev–Trinajstić information content (AvgIpc) is 2.72. The van der Waals surface area contributed by atoms with Crippen molar-refractivity contribution in [3.8, 4) is 5.69 Å². The fourth-order valence-electron chi connectivity index (χ4n) is 1.90. The molecule has 0 fully saturated rings. The van der Waals surface area contributed by atoms with Gasteiger partial charge in [-0.3, -0.25) is 0 Å². The van der Waals surface area contributed by atoms with Crippen molar-refractivity contribution in [3.63, 3.8) is 0 Å². The average molecular weight is 287 g/mol. The maximum Gasteiger partial charge on any atom is 0.433 e. The van der Waals surface area contributed by atoms with E-state index in [0.717, 1.165) is 18.3 Å². The molecule has 0 spiro atoms. The third-order valence-electron chi connectivity index (χ3n) is 2.78. The van der Waals surface area contributed by atoms with Gasteiger partial charge in [-0.2, -0.15) is 18.3 Å². The smallest absolute Gasteiger partial charge is 0.322 e. The predicted molar refractivity (Wildman–Crippen MR) is 65.7 cm³/mol. The van der Waals surface area contributed by atoms with Crippen molar-refractivity contribution in [1.82, 2.24) is 9.78 Å². The Hall–Kier alpha value is -1.89. The second kappa shape index (κ2) is 4.59. The van der Waals surface area contributed by atoms with Crippen LogP contribution in [-0.4, -0.2) is 9.78 Å². The number of halogens is 4. The monoisotopic (exact) mass is 287 g/mol. The Bertz CT molecular complexity index is 623. The van der Waals surface area contributed by atoms with Gasteiger partial charge < -0.3 is 5.73 Å². The van der Waals surface area contributed by atoms with Crippen LogP contribution < -0.4 is 5.73 Å². The molecule has 2 aromatic rings. The van der Waals surface area contributed by atoms with Gasteiger partial charge in [-0.1, -0.05) is 6.07 Å². The fraction of sp³-hybridized carbons (Fsp3) is 0.308. The second-order valence-corrected chi connectivity index (χ2v) is 5.02. The lowest BCUT2D eigenvalue weighted by Gasteiger charge is -2.21. The van der Waals surface area contributed by atoms with E-state index in [2.05, 4.69) is 5.10 Å². The van der Waals surface area contributed by atoms with Gasteiger partial charge in [0.15, 0.2) is 5.69 Å². The minimum atomic E-state index is -4.64. The lowest BCUT2D eigenvalue weighted by Crippen LogP contribution is -2.31. The summed E-state index contributed by atoms with van der Waals surface area (Å²) >= 11 is 0. The maximum absolute atomic E-state index is 13.2. The molecule has 1 aromatic heterocycles. The number of nitrogens with two attached hydrogens (primary N) is 1. The molecular weight excluding hydrogens is 274 g/mol. The molecule has 0 unspecified atom stereocenters. The summed E-state index contributed by atoms with van der Waals surface area (Å²) in [6.07, 6.45) is -3.58. The molecule has 2 N–H and O–H groups in total. The van der Waals surface area contributed by atoms with Crippen molar-refractivity contribution in [1.29, 1.82) is 0 Å².